The molecule has 1 aliphatic heterocycles. The number of guanidine groups is 1. The Morgan fingerprint density at radius 2 is 1.35 bits per heavy atom. The van der Waals surface area contributed by atoms with E-state index in [2.05, 4.69) is 51.8 Å². The van der Waals surface area contributed by atoms with Gasteiger partial charge in [-0.15, -0.1) is 0 Å². The van der Waals surface area contributed by atoms with Gasteiger partial charge in [0.1, 0.15) is 30.2 Å². The maximum atomic E-state index is 14.6. The predicted octanol–water partition coefficient (Wildman–Crippen LogP) is 0.115. The third kappa shape index (κ3) is 13.9. The number of aliphatic imine (C=N–C) groups is 1. The van der Waals surface area contributed by atoms with E-state index in [9.17, 15) is 33.6 Å². The second-order valence-corrected chi connectivity index (χ2v) is 16.3. The van der Waals surface area contributed by atoms with Gasteiger partial charge in [0, 0.05) is 74.2 Å². The van der Waals surface area contributed by atoms with Gasteiger partial charge < -0.3 is 59.1 Å². The van der Waals surface area contributed by atoms with Crippen molar-refractivity contribution < 1.29 is 33.6 Å². The van der Waals surface area contributed by atoms with Gasteiger partial charge in [-0.3, -0.25) is 38.6 Å². The van der Waals surface area contributed by atoms with Crippen LogP contribution in [-0.2, 0) is 52.8 Å². The fourth-order valence-corrected chi connectivity index (χ4v) is 7.80. The van der Waals surface area contributed by atoms with Gasteiger partial charge in [0.2, 0.25) is 41.4 Å². The van der Waals surface area contributed by atoms with Crippen LogP contribution in [0.3, 0.4) is 0 Å². The van der Waals surface area contributed by atoms with Crippen molar-refractivity contribution in [2.45, 2.75) is 94.4 Å². The number of imidazole rings is 1. The van der Waals surface area contributed by atoms with E-state index in [0.717, 1.165) is 21.7 Å². The highest BCUT2D eigenvalue weighted by Gasteiger charge is 2.33. The molecule has 1 saturated heterocycles. The summed E-state index contributed by atoms with van der Waals surface area (Å²) >= 11 is 0. The quantitative estimate of drug-likeness (QED) is 0.0483. The van der Waals surface area contributed by atoms with E-state index in [0.29, 0.717) is 29.7 Å². The number of benzene rings is 3. The smallest absolute Gasteiger partial charge is 0.243 e. The molecule has 2 aromatic heterocycles. The second-order valence-electron chi connectivity index (χ2n) is 16.3. The summed E-state index contributed by atoms with van der Waals surface area (Å²) < 4.78 is 0. The number of carbonyl (C=O) groups is 7. The lowest BCUT2D eigenvalue weighted by molar-refractivity contribution is -0.135. The molecule has 0 unspecified atom stereocenters. The Kier molecular flexibility index (Phi) is 16.8. The number of rotatable bonds is 11. The van der Waals surface area contributed by atoms with Crippen molar-refractivity contribution in [3.63, 3.8) is 0 Å². The Hall–Kier alpha value is -7.77. The van der Waals surface area contributed by atoms with Crippen molar-refractivity contribution >= 4 is 69.0 Å². The maximum absolute atomic E-state index is 14.6. The molecule has 1 aliphatic rings. The number of primary amides is 1. The summed E-state index contributed by atoms with van der Waals surface area (Å²) in [6.07, 6.45) is 5.30. The molecule has 1 fully saturated rings. The summed E-state index contributed by atoms with van der Waals surface area (Å²) in [6, 6.07) is 14.5. The van der Waals surface area contributed by atoms with Crippen molar-refractivity contribution in [2.24, 2.45) is 22.2 Å². The van der Waals surface area contributed by atoms with Crippen LogP contribution < -0.4 is 49.1 Å². The van der Waals surface area contributed by atoms with Gasteiger partial charge in [-0.1, -0.05) is 60.7 Å². The third-order valence-electron chi connectivity index (χ3n) is 11.3. The summed E-state index contributed by atoms with van der Waals surface area (Å²) in [5.41, 5.74) is 19.6. The number of aromatic amines is 2. The first-order valence-electron chi connectivity index (χ1n) is 21.9. The summed E-state index contributed by atoms with van der Waals surface area (Å²) in [6.45, 7) is 0.322. The van der Waals surface area contributed by atoms with E-state index >= 15 is 0 Å². The van der Waals surface area contributed by atoms with Gasteiger partial charge in [-0.25, -0.2) is 4.98 Å². The Balaban J connectivity index is 1.36. The van der Waals surface area contributed by atoms with Crippen LogP contribution in [0.2, 0.25) is 0 Å². The molecule has 5 atom stereocenters. The number of nitrogens with zero attached hydrogens (tertiary/aromatic N) is 2. The minimum absolute atomic E-state index is 0.00158. The highest BCUT2D eigenvalue weighted by Crippen LogP contribution is 2.21. The molecule has 20 heteroatoms. The summed E-state index contributed by atoms with van der Waals surface area (Å²) in [5.74, 6) is -4.85. The lowest BCUT2D eigenvalue weighted by Gasteiger charge is -2.27. The number of amides is 7. The van der Waals surface area contributed by atoms with Crippen LogP contribution >= 0.6 is 0 Å². The Labute approximate surface area is 380 Å². The van der Waals surface area contributed by atoms with Crippen molar-refractivity contribution in [2.75, 3.05) is 13.1 Å². The van der Waals surface area contributed by atoms with Crippen LogP contribution in [0.1, 0.15) is 61.8 Å². The average Bonchev–Trinajstić information content (AvgIpc) is 3.97. The predicted molar refractivity (Wildman–Crippen MR) is 247 cm³/mol. The molecular formula is C46H57N13O7. The van der Waals surface area contributed by atoms with Crippen LogP contribution in [0.5, 0.6) is 0 Å². The van der Waals surface area contributed by atoms with E-state index in [1.807, 2.05) is 66.7 Å². The molecule has 0 bridgehead atoms. The third-order valence-corrected chi connectivity index (χ3v) is 11.3. The zero-order valence-corrected chi connectivity index (χ0v) is 36.4. The first-order chi connectivity index (χ1) is 31.8. The topological polar surface area (TPSA) is 327 Å². The zero-order chi connectivity index (χ0) is 47.0. The Morgan fingerprint density at radius 3 is 2.09 bits per heavy atom. The molecule has 0 aliphatic carbocycles. The lowest BCUT2D eigenvalue weighted by Crippen LogP contribution is -2.59. The first-order valence-corrected chi connectivity index (χ1v) is 21.9. The van der Waals surface area contributed by atoms with Gasteiger partial charge in [0.05, 0.1) is 6.33 Å². The molecule has 14 N–H and O–H groups in total. The number of nitrogens with two attached hydrogens (primary N) is 3. The average molecular weight is 904 g/mol. The molecule has 7 amide bonds. The van der Waals surface area contributed by atoms with Gasteiger partial charge in [0.25, 0.3) is 0 Å². The van der Waals surface area contributed by atoms with Crippen LogP contribution in [0, 0.1) is 0 Å². The Bertz CT molecular complexity index is 2540. The summed E-state index contributed by atoms with van der Waals surface area (Å²) in [7, 11) is 0. The first kappa shape index (κ1) is 47.7. The van der Waals surface area contributed by atoms with Crippen LogP contribution in [0.15, 0.2) is 90.4 Å². The van der Waals surface area contributed by atoms with Crippen molar-refractivity contribution in [3.05, 3.63) is 102 Å². The minimum Gasteiger partial charge on any atom is -0.370 e. The highest BCUT2D eigenvalue weighted by molar-refractivity contribution is 5.97. The monoisotopic (exact) mass is 903 g/mol. The summed E-state index contributed by atoms with van der Waals surface area (Å²) in [5, 5.41) is 19.3. The number of H-pyrrole nitrogens is 2. The van der Waals surface area contributed by atoms with E-state index in [4.69, 9.17) is 17.2 Å². The molecule has 0 radical (unpaired) electrons. The highest BCUT2D eigenvalue weighted by atomic mass is 16.2. The number of nitrogens with one attached hydrogen (secondary N) is 8. The molecule has 3 heterocycles. The number of carbonyl (C=O) groups excluding carboxylic acids is 7. The van der Waals surface area contributed by atoms with Crippen molar-refractivity contribution in [1.82, 2.24) is 46.9 Å². The van der Waals surface area contributed by atoms with Gasteiger partial charge in [-0.2, -0.15) is 0 Å². The van der Waals surface area contributed by atoms with Crippen molar-refractivity contribution in [1.29, 1.82) is 0 Å². The fraction of sp³-hybridized carbons (Fsp3) is 0.370. The molecule has 6 rings (SSSR count). The van der Waals surface area contributed by atoms with Gasteiger partial charge >= 0.3 is 0 Å². The van der Waals surface area contributed by atoms with E-state index in [-0.39, 0.29) is 70.4 Å². The molecule has 0 spiro atoms. The molecule has 348 valence electrons. The molecule has 0 saturated carbocycles. The zero-order valence-electron chi connectivity index (χ0n) is 36.4. The van der Waals surface area contributed by atoms with Crippen LogP contribution in [0.4, 0.5) is 0 Å². The molecular weight excluding hydrogens is 847 g/mol. The Morgan fingerprint density at radius 1 is 0.682 bits per heavy atom. The van der Waals surface area contributed by atoms with E-state index in [1.165, 1.54) is 12.5 Å². The minimum atomic E-state index is -1.30. The van der Waals surface area contributed by atoms with Gasteiger partial charge in [0.15, 0.2) is 5.96 Å². The SMILES string of the molecule is NC(=O)[C@H]1CCCCNC(=O)CCC(=O)N[C@@H](Cc2cnc[nH]2)C(=O)N[C@@H](Cc2ccc3ccccc3c2)C(=O)N[C@@H](CCCN=C(N)N)C(=O)N[C@H](Cc2c[nH]c3ccccc23)C(=O)N1. The molecule has 3 aromatic carbocycles. The number of aromatic nitrogens is 3. The largest absolute Gasteiger partial charge is 0.370 e. The van der Waals surface area contributed by atoms with Gasteiger partial charge in [-0.05, 0) is 60.1 Å². The number of hydrogen-bond donors (Lipinski definition) is 11. The lowest BCUT2D eigenvalue weighted by atomic mass is 9.99. The van der Waals surface area contributed by atoms with E-state index in [1.54, 1.807) is 6.20 Å². The molecule has 66 heavy (non-hydrogen) atoms. The maximum Gasteiger partial charge on any atom is 0.243 e. The molecule has 20 nitrogen and oxygen atoms in total. The fourth-order valence-electron chi connectivity index (χ4n) is 7.80. The number of fused-ring (bicyclic) bond motifs is 2. The van der Waals surface area contributed by atoms with Crippen molar-refractivity contribution in [3.8, 4) is 0 Å². The molecule has 5 aromatic rings. The van der Waals surface area contributed by atoms with Crippen LogP contribution in [0.25, 0.3) is 21.7 Å². The second kappa shape index (κ2) is 23.2. The normalized spacial score (nSPS) is 21.1. The van der Waals surface area contributed by atoms with E-state index < -0.39 is 71.6 Å². The summed E-state index contributed by atoms with van der Waals surface area (Å²) in [4.78, 5) is 111. The standard InChI is InChI=1S/C46H57N13O7/c47-41(62)34-12-5-6-18-51-39(60)16-17-40(61)55-38(23-31-25-50-26-54-31)45(66)58-36(21-27-14-15-28-8-1-2-9-29(28)20-27)43(64)57-35(13-7-19-52-46(48)49)42(63)59-37(44(65)56-34)22-30-24-53-33-11-4-3-10-32(30)33/h1-4,8-11,14-15,20,24-26,34-38,53H,5-7,12-13,16-19,21-23H2,(H2,47,62)(H,50,54)(H,51,60)(H,55,61)(H,56,65)(H,57,64)(H,58,66)(H,59,63)(H4,48,49,52)/t34-,35+,36+,37-,38+/m1/s1. The number of hydrogen-bond acceptors (Lipinski definition) is 9. The van der Waals surface area contributed by atoms with Crippen LogP contribution in [-0.4, -0.2) is 106 Å². The number of para-hydroxylation sites is 1.